The highest BCUT2D eigenvalue weighted by Crippen LogP contribution is 2.63. The average Bonchev–Trinajstić information content (AvgIpc) is 2.83. The number of halogens is 4. The summed E-state index contributed by atoms with van der Waals surface area (Å²) < 4.78 is 110. The maximum absolute atomic E-state index is 14.8. The lowest BCUT2D eigenvalue weighted by Crippen LogP contribution is -2.47. The van der Waals surface area contributed by atoms with Gasteiger partial charge in [-0.05, 0) is 136 Å². The van der Waals surface area contributed by atoms with E-state index in [0.717, 1.165) is 77.0 Å². The zero-order valence-corrected chi connectivity index (χ0v) is 24.6. The first-order valence-corrected chi connectivity index (χ1v) is 17.9. The Morgan fingerprint density at radius 2 is 0.805 bits per heavy atom. The minimum Gasteiger partial charge on any atom is -0.425 e. The second-order valence-corrected chi connectivity index (χ2v) is 18.3. The lowest BCUT2D eigenvalue weighted by molar-refractivity contribution is -0.135. The van der Waals surface area contributed by atoms with Gasteiger partial charge in [0.1, 0.15) is 0 Å². The molecule has 0 aromatic rings. The first-order valence-electron chi connectivity index (χ1n) is 15.0. The summed E-state index contributed by atoms with van der Waals surface area (Å²) in [4.78, 5) is 24.9. The van der Waals surface area contributed by atoms with E-state index in [4.69, 9.17) is 0 Å². The number of rotatable bonds is 12. The Bertz CT molecular complexity index is 1160. The van der Waals surface area contributed by atoms with Crippen LogP contribution < -0.4 is 0 Å². The monoisotopic (exact) mass is 624 g/mol. The molecule has 0 N–H and O–H groups in total. The number of Topliss-reactive ketones (excluding diaryl/α,β-unsaturated/α-hetero) is 2. The number of hydrogen-bond acceptors (Lipinski definition) is 6. The van der Waals surface area contributed by atoms with Gasteiger partial charge in [0, 0.05) is 12.8 Å². The van der Waals surface area contributed by atoms with E-state index in [9.17, 15) is 44.0 Å². The van der Waals surface area contributed by atoms with Crippen molar-refractivity contribution in [2.24, 2.45) is 46.3 Å². The molecule has 0 aromatic carbocycles. The molecule has 0 spiro atoms. The molecular formula is C28H38F4NO6S2-. The van der Waals surface area contributed by atoms with Crippen LogP contribution in [0.2, 0.25) is 0 Å². The molecule has 8 aliphatic rings. The van der Waals surface area contributed by atoms with Crippen molar-refractivity contribution < 1.29 is 44.0 Å². The van der Waals surface area contributed by atoms with Crippen molar-refractivity contribution in [1.82, 2.24) is 0 Å². The van der Waals surface area contributed by atoms with E-state index < -0.39 is 55.0 Å². The van der Waals surface area contributed by atoms with Crippen molar-refractivity contribution in [3.05, 3.63) is 4.13 Å². The van der Waals surface area contributed by atoms with E-state index in [1.165, 1.54) is 0 Å². The summed E-state index contributed by atoms with van der Waals surface area (Å²) >= 11 is 0. The van der Waals surface area contributed by atoms with Crippen LogP contribution in [-0.4, -0.2) is 38.9 Å². The van der Waals surface area contributed by atoms with Crippen molar-refractivity contribution in [1.29, 1.82) is 0 Å². The highest BCUT2D eigenvalue weighted by molar-refractivity contribution is 8.13. The van der Waals surface area contributed by atoms with Crippen LogP contribution in [-0.2, 0) is 29.6 Å². The molecule has 0 amide bonds. The predicted octanol–water partition coefficient (Wildman–Crippen LogP) is 6.34. The lowest BCUT2D eigenvalue weighted by atomic mass is 9.48. The van der Waals surface area contributed by atoms with E-state index in [1.54, 1.807) is 0 Å². The molecule has 0 unspecified atom stereocenters. The maximum atomic E-state index is 14.8. The van der Waals surface area contributed by atoms with Crippen molar-refractivity contribution in [2.75, 3.05) is 0 Å². The van der Waals surface area contributed by atoms with Crippen molar-refractivity contribution in [3.8, 4) is 0 Å². The third-order valence-corrected chi connectivity index (χ3v) is 14.9. The second kappa shape index (κ2) is 9.71. The molecule has 8 rings (SSSR count). The Balaban J connectivity index is 1.08. The zero-order valence-electron chi connectivity index (χ0n) is 23.0. The number of alkyl halides is 4. The third-order valence-electron chi connectivity index (χ3n) is 11.6. The van der Waals surface area contributed by atoms with E-state index >= 15 is 0 Å². The Morgan fingerprint density at radius 1 is 0.561 bits per heavy atom. The number of ketones is 2. The van der Waals surface area contributed by atoms with Gasteiger partial charge in [-0.3, -0.25) is 9.59 Å². The van der Waals surface area contributed by atoms with Crippen LogP contribution >= 0.6 is 0 Å². The number of carbonyl (C=O) groups is 2. The molecule has 0 radical (unpaired) electrons. The first-order chi connectivity index (χ1) is 18.9. The smallest absolute Gasteiger partial charge is 0.387 e. The van der Waals surface area contributed by atoms with Gasteiger partial charge in [0.05, 0.1) is 0 Å². The van der Waals surface area contributed by atoms with Crippen LogP contribution in [0.4, 0.5) is 17.6 Å². The molecule has 0 heterocycles. The van der Waals surface area contributed by atoms with Crippen LogP contribution in [0, 0.1) is 46.3 Å². The Kier molecular flexibility index (Phi) is 7.10. The van der Waals surface area contributed by atoms with Crippen molar-refractivity contribution in [2.45, 2.75) is 113 Å². The summed E-state index contributed by atoms with van der Waals surface area (Å²) in [5.41, 5.74) is -0.659. The van der Waals surface area contributed by atoms with Gasteiger partial charge >= 0.3 is 10.5 Å². The maximum Gasteiger partial charge on any atom is 0.387 e. The van der Waals surface area contributed by atoms with Crippen LogP contribution in [0.3, 0.4) is 0 Å². The van der Waals surface area contributed by atoms with Gasteiger partial charge in [-0.1, -0.05) is 0 Å². The standard InChI is InChI=1S/C28H38F4NO6S2/c29-27(30,23(34)1-3-25-11-17-5-18(12-25)7-19(6-17)13-25)40(36,37)33-41(38,39)28(31,32)24(35)2-4-26-14-20-8-21(15-26)10-22(9-20)16-26/h17-22H,1-16H2/q-1. The summed E-state index contributed by atoms with van der Waals surface area (Å²) in [5.74, 6) is -1.36. The first kappa shape index (κ1) is 30.0. The number of sulfonamides is 2. The topological polar surface area (TPSA) is 117 Å². The summed E-state index contributed by atoms with van der Waals surface area (Å²) in [6, 6.07) is 0. The molecule has 8 bridgehead atoms. The van der Waals surface area contributed by atoms with Gasteiger partial charge in [0.25, 0.3) is 0 Å². The normalized spacial score (nSPS) is 39.8. The molecule has 0 aliphatic heterocycles. The van der Waals surface area contributed by atoms with E-state index in [1.807, 2.05) is 4.13 Å². The lowest BCUT2D eigenvalue weighted by Gasteiger charge is -2.57. The Labute approximate surface area is 239 Å². The molecule has 8 aliphatic carbocycles. The summed E-state index contributed by atoms with van der Waals surface area (Å²) in [6.45, 7) is 0. The minimum absolute atomic E-state index is 0.0339. The van der Waals surface area contributed by atoms with Crippen LogP contribution in [0.25, 0.3) is 4.13 Å². The van der Waals surface area contributed by atoms with Gasteiger partial charge < -0.3 is 4.13 Å². The van der Waals surface area contributed by atoms with Gasteiger partial charge in [0.2, 0.25) is 11.6 Å². The molecule has 8 saturated carbocycles. The highest BCUT2D eigenvalue weighted by Gasteiger charge is 2.56. The predicted molar refractivity (Wildman–Crippen MR) is 141 cm³/mol. The fourth-order valence-corrected chi connectivity index (χ4v) is 13.3. The average molecular weight is 625 g/mol. The highest BCUT2D eigenvalue weighted by atomic mass is 32.3. The van der Waals surface area contributed by atoms with Gasteiger partial charge in [-0.15, -0.1) is 0 Å². The number of hydrogen-bond donors (Lipinski definition) is 0. The Morgan fingerprint density at radius 3 is 1.05 bits per heavy atom. The third kappa shape index (κ3) is 5.21. The molecular weight excluding hydrogens is 586 g/mol. The molecule has 7 nitrogen and oxygen atoms in total. The van der Waals surface area contributed by atoms with Crippen molar-refractivity contribution in [3.63, 3.8) is 0 Å². The minimum atomic E-state index is -6.54. The van der Waals surface area contributed by atoms with Gasteiger partial charge in [-0.25, -0.2) is 16.8 Å². The molecule has 0 aromatic heterocycles. The van der Waals surface area contributed by atoms with E-state index in [-0.39, 0.29) is 23.7 Å². The summed E-state index contributed by atoms with van der Waals surface area (Å²) in [6.07, 6.45) is 9.53. The quantitative estimate of drug-likeness (QED) is 0.234. The molecule has 0 saturated heterocycles. The number of carbonyl (C=O) groups excluding carboxylic acids is 2. The SMILES string of the molecule is O=C(CCC12CC3CC(CC(C3)C1)C2)C(F)(F)S(=O)(=O)[N-]S(=O)(=O)C(F)(F)C(=O)CCC12CC3CC(CC(C3)C1)C2. The van der Waals surface area contributed by atoms with Gasteiger partial charge in [0.15, 0.2) is 20.0 Å². The summed E-state index contributed by atoms with van der Waals surface area (Å²) in [5, 5.41) is -10.6. The fourth-order valence-electron chi connectivity index (χ4n) is 10.8. The van der Waals surface area contributed by atoms with Crippen LogP contribution in [0.1, 0.15) is 103 Å². The van der Waals surface area contributed by atoms with Crippen LogP contribution in [0.15, 0.2) is 0 Å². The number of nitrogens with zero attached hydrogens (tertiary/aromatic N) is 1. The summed E-state index contributed by atoms with van der Waals surface area (Å²) in [7, 11) is -13.1. The molecule has 8 fully saturated rings. The molecule has 0 atom stereocenters. The van der Waals surface area contributed by atoms with E-state index in [0.29, 0.717) is 35.5 Å². The van der Waals surface area contributed by atoms with E-state index in [2.05, 4.69) is 0 Å². The van der Waals surface area contributed by atoms with Crippen molar-refractivity contribution >= 4 is 31.6 Å². The molecule has 232 valence electrons. The fraction of sp³-hybridized carbons (Fsp3) is 0.929. The second-order valence-electron chi connectivity index (χ2n) is 14.7. The van der Waals surface area contributed by atoms with Gasteiger partial charge in [-0.2, -0.15) is 17.6 Å². The zero-order chi connectivity index (χ0) is 29.6. The van der Waals surface area contributed by atoms with Crippen LogP contribution in [0.5, 0.6) is 0 Å². The largest absolute Gasteiger partial charge is 0.425 e. The Hall–Kier alpha value is -1.08. The molecule has 13 heteroatoms. The molecule has 41 heavy (non-hydrogen) atoms.